The van der Waals surface area contributed by atoms with E-state index in [-0.39, 0.29) is 4.90 Å². The van der Waals surface area contributed by atoms with Crippen LogP contribution in [0.2, 0.25) is 0 Å². The first-order valence-electron chi connectivity index (χ1n) is 8.97. The number of sulfone groups is 1. The van der Waals surface area contributed by atoms with Crippen molar-refractivity contribution in [2.24, 2.45) is 0 Å². The minimum Gasteiger partial charge on any atom is -0.348 e. The average molecular weight is 439 g/mol. The summed E-state index contributed by atoms with van der Waals surface area (Å²) >= 11 is 0. The molecule has 0 aromatic heterocycles. The monoisotopic (exact) mass is 438 g/mol. The zero-order valence-electron chi connectivity index (χ0n) is 17.1. The maximum atomic E-state index is 12.8. The summed E-state index contributed by atoms with van der Waals surface area (Å²) in [5, 5.41) is 2.79. The predicted octanol–water partition coefficient (Wildman–Crippen LogP) is 2.43. The van der Waals surface area contributed by atoms with Gasteiger partial charge in [0.05, 0.1) is 22.9 Å². The Labute approximate surface area is 172 Å². The van der Waals surface area contributed by atoms with Crippen molar-refractivity contribution < 1.29 is 21.6 Å². The van der Waals surface area contributed by atoms with Crippen LogP contribution >= 0.6 is 0 Å². The van der Waals surface area contributed by atoms with E-state index in [1.54, 1.807) is 43.3 Å². The van der Waals surface area contributed by atoms with Crippen molar-refractivity contribution in [3.63, 3.8) is 0 Å². The number of anilines is 1. The summed E-state index contributed by atoms with van der Waals surface area (Å²) in [5.74, 6) is -0.462. The van der Waals surface area contributed by atoms with Crippen LogP contribution in [0.1, 0.15) is 31.0 Å². The minimum absolute atomic E-state index is 0.191. The summed E-state index contributed by atoms with van der Waals surface area (Å²) in [6.07, 6.45) is 2.18. The molecule has 2 atom stereocenters. The lowest BCUT2D eigenvalue weighted by molar-refractivity contribution is -0.122. The van der Waals surface area contributed by atoms with Gasteiger partial charge in [-0.05, 0) is 50.6 Å². The molecule has 0 heterocycles. The fourth-order valence-electron chi connectivity index (χ4n) is 2.92. The smallest absolute Gasteiger partial charge is 0.244 e. The number of carbonyl (C=O) groups excluding carboxylic acids is 1. The first-order chi connectivity index (χ1) is 13.3. The van der Waals surface area contributed by atoms with Gasteiger partial charge in [-0.3, -0.25) is 9.10 Å². The maximum Gasteiger partial charge on any atom is 0.244 e. The Balaban J connectivity index is 2.22. The van der Waals surface area contributed by atoms with E-state index in [1.165, 1.54) is 19.1 Å². The predicted molar refractivity (Wildman–Crippen MR) is 114 cm³/mol. The van der Waals surface area contributed by atoms with Crippen LogP contribution < -0.4 is 9.62 Å². The molecule has 0 aliphatic rings. The van der Waals surface area contributed by atoms with Gasteiger partial charge in [-0.2, -0.15) is 0 Å². The number of sulfonamides is 1. The van der Waals surface area contributed by atoms with Crippen LogP contribution in [0.15, 0.2) is 53.4 Å². The number of hydrogen-bond donors (Lipinski definition) is 1. The normalized spacial score (nSPS) is 14.1. The molecule has 0 aliphatic heterocycles. The van der Waals surface area contributed by atoms with Gasteiger partial charge in [0.15, 0.2) is 9.84 Å². The van der Waals surface area contributed by atoms with Crippen molar-refractivity contribution in [1.82, 2.24) is 5.32 Å². The van der Waals surface area contributed by atoms with Gasteiger partial charge in [-0.1, -0.05) is 29.8 Å². The summed E-state index contributed by atoms with van der Waals surface area (Å²) in [7, 11) is -7.00. The van der Waals surface area contributed by atoms with E-state index in [4.69, 9.17) is 0 Å². The van der Waals surface area contributed by atoms with Gasteiger partial charge in [0, 0.05) is 6.26 Å². The molecule has 7 nitrogen and oxygen atoms in total. The molecule has 2 rings (SSSR count). The molecule has 0 bridgehead atoms. The molecule has 0 radical (unpaired) electrons. The molecule has 0 unspecified atom stereocenters. The van der Waals surface area contributed by atoms with Crippen LogP contribution in [0.25, 0.3) is 0 Å². The first kappa shape index (κ1) is 22.9. The zero-order chi connectivity index (χ0) is 22.0. The van der Waals surface area contributed by atoms with Crippen molar-refractivity contribution >= 4 is 31.5 Å². The van der Waals surface area contributed by atoms with Crippen LogP contribution in [0.4, 0.5) is 5.69 Å². The molecule has 0 saturated carbocycles. The van der Waals surface area contributed by atoms with E-state index in [0.717, 1.165) is 22.4 Å². The van der Waals surface area contributed by atoms with Gasteiger partial charge < -0.3 is 5.32 Å². The van der Waals surface area contributed by atoms with E-state index in [1.807, 2.05) is 6.92 Å². The third-order valence-corrected chi connectivity index (χ3v) is 6.91. The Kier molecular flexibility index (Phi) is 6.74. The Morgan fingerprint density at radius 2 is 1.41 bits per heavy atom. The largest absolute Gasteiger partial charge is 0.348 e. The highest BCUT2D eigenvalue weighted by molar-refractivity contribution is 7.92. The summed E-state index contributed by atoms with van der Waals surface area (Å²) < 4.78 is 48.9. The quantitative estimate of drug-likeness (QED) is 0.716. The molecule has 0 spiro atoms. The molecule has 2 aromatic rings. The molecule has 158 valence electrons. The third kappa shape index (κ3) is 5.80. The Morgan fingerprint density at radius 3 is 1.86 bits per heavy atom. The van der Waals surface area contributed by atoms with E-state index in [9.17, 15) is 21.6 Å². The van der Waals surface area contributed by atoms with E-state index in [2.05, 4.69) is 5.32 Å². The van der Waals surface area contributed by atoms with Crippen molar-refractivity contribution in [1.29, 1.82) is 0 Å². The van der Waals surface area contributed by atoms with Gasteiger partial charge in [0.25, 0.3) is 0 Å². The number of amides is 1. The molecule has 0 fully saturated rings. The molecule has 1 N–H and O–H groups in total. The Morgan fingerprint density at radius 1 is 0.897 bits per heavy atom. The number of carbonyl (C=O) groups is 1. The van der Waals surface area contributed by atoms with Crippen molar-refractivity contribution in [3.05, 3.63) is 59.7 Å². The highest BCUT2D eigenvalue weighted by Gasteiger charge is 2.29. The van der Waals surface area contributed by atoms with Crippen molar-refractivity contribution in [3.8, 4) is 0 Å². The van der Waals surface area contributed by atoms with Crippen molar-refractivity contribution in [2.45, 2.75) is 37.8 Å². The van der Waals surface area contributed by atoms with Crippen LogP contribution in [0.3, 0.4) is 0 Å². The fourth-order valence-corrected chi connectivity index (χ4v) is 4.73. The lowest BCUT2D eigenvalue weighted by Crippen LogP contribution is -2.48. The number of benzene rings is 2. The number of rotatable bonds is 7. The molecular formula is C20H26N2O5S2. The summed E-state index contributed by atoms with van der Waals surface area (Å²) in [5.41, 5.74) is 2.09. The number of aryl methyl sites for hydroxylation is 1. The molecule has 0 saturated heterocycles. The lowest BCUT2D eigenvalue weighted by Gasteiger charge is -2.29. The Hall–Kier alpha value is -2.39. The zero-order valence-corrected chi connectivity index (χ0v) is 18.7. The number of hydrogen-bond acceptors (Lipinski definition) is 5. The van der Waals surface area contributed by atoms with Gasteiger partial charge in [0.2, 0.25) is 15.9 Å². The molecule has 9 heteroatoms. The average Bonchev–Trinajstić information content (AvgIpc) is 2.61. The topological polar surface area (TPSA) is 101 Å². The summed E-state index contributed by atoms with van der Waals surface area (Å²) in [6.45, 7) is 5.16. The van der Waals surface area contributed by atoms with Crippen LogP contribution in [-0.4, -0.2) is 41.3 Å². The molecular weight excluding hydrogens is 412 g/mol. The third-order valence-electron chi connectivity index (χ3n) is 4.54. The second kappa shape index (κ2) is 8.54. The number of nitrogens with zero attached hydrogens (tertiary/aromatic N) is 1. The summed E-state index contributed by atoms with van der Waals surface area (Å²) in [6, 6.07) is 11.7. The van der Waals surface area contributed by atoms with Gasteiger partial charge in [0.1, 0.15) is 6.04 Å². The maximum absolute atomic E-state index is 12.8. The highest BCUT2D eigenvalue weighted by atomic mass is 32.2. The van der Waals surface area contributed by atoms with Crippen LogP contribution in [-0.2, 0) is 24.7 Å². The standard InChI is InChI=1S/C20H26N2O5S2/c1-14-6-10-18(11-7-14)22(29(5,26)27)16(3)20(23)21-15(2)17-8-12-19(13-9-17)28(4,24)25/h6-13,15-16H,1-5H3,(H,21,23)/t15-,16+/m0/s1. The first-order valence-corrected chi connectivity index (χ1v) is 12.7. The minimum atomic E-state index is -3.69. The Bertz CT molecular complexity index is 1080. The molecule has 29 heavy (non-hydrogen) atoms. The summed E-state index contributed by atoms with van der Waals surface area (Å²) in [4.78, 5) is 13.0. The van der Waals surface area contributed by atoms with Gasteiger partial charge >= 0.3 is 0 Å². The molecule has 2 aromatic carbocycles. The van der Waals surface area contributed by atoms with Crippen LogP contribution in [0, 0.1) is 6.92 Å². The number of nitrogens with one attached hydrogen (secondary N) is 1. The molecule has 1 amide bonds. The van der Waals surface area contributed by atoms with Gasteiger partial charge in [-0.15, -0.1) is 0 Å². The SMILES string of the molecule is Cc1ccc(N([C@H](C)C(=O)N[C@@H](C)c2ccc(S(C)(=O)=O)cc2)S(C)(=O)=O)cc1. The van der Waals surface area contributed by atoms with E-state index in [0.29, 0.717) is 11.3 Å². The van der Waals surface area contributed by atoms with E-state index >= 15 is 0 Å². The van der Waals surface area contributed by atoms with Crippen molar-refractivity contribution in [2.75, 3.05) is 16.8 Å². The second-order valence-electron chi connectivity index (χ2n) is 7.14. The van der Waals surface area contributed by atoms with Gasteiger partial charge in [-0.25, -0.2) is 16.8 Å². The van der Waals surface area contributed by atoms with E-state index < -0.39 is 37.9 Å². The second-order valence-corrected chi connectivity index (χ2v) is 11.0. The fraction of sp³-hybridized carbons (Fsp3) is 0.350. The lowest BCUT2D eigenvalue weighted by atomic mass is 10.1. The molecule has 0 aliphatic carbocycles. The highest BCUT2D eigenvalue weighted by Crippen LogP contribution is 2.22. The van der Waals surface area contributed by atoms with Crippen LogP contribution in [0.5, 0.6) is 0 Å².